The van der Waals surface area contributed by atoms with Crippen LogP contribution in [0.5, 0.6) is 0 Å². The van der Waals surface area contributed by atoms with Gasteiger partial charge in [0.2, 0.25) is 11.8 Å². The van der Waals surface area contributed by atoms with Gasteiger partial charge in [-0.1, -0.05) is 19.1 Å². The van der Waals surface area contributed by atoms with Crippen LogP contribution in [0, 0.1) is 0 Å². The number of carbonyl (C=O) groups is 2. The summed E-state index contributed by atoms with van der Waals surface area (Å²) in [6.45, 7) is 1.80. The fourth-order valence-corrected chi connectivity index (χ4v) is 2.40. The Morgan fingerprint density at radius 1 is 1.21 bits per heavy atom. The van der Waals surface area contributed by atoms with Crippen molar-refractivity contribution in [3.63, 3.8) is 0 Å². The molecular weight excluding hydrogens is 341 g/mol. The summed E-state index contributed by atoms with van der Waals surface area (Å²) in [4.78, 5) is 23.7. The highest BCUT2D eigenvalue weighted by atomic mass is 32.2. The maximum absolute atomic E-state index is 12.5. The highest BCUT2D eigenvalue weighted by molar-refractivity contribution is 7.98. The summed E-state index contributed by atoms with van der Waals surface area (Å²) in [6.07, 6.45) is -1.71. The molecule has 0 aliphatic heterocycles. The van der Waals surface area contributed by atoms with E-state index >= 15 is 0 Å². The van der Waals surface area contributed by atoms with Crippen LogP contribution in [0.4, 0.5) is 13.2 Å². The molecule has 0 fully saturated rings. The van der Waals surface area contributed by atoms with Crippen molar-refractivity contribution in [3.05, 3.63) is 35.4 Å². The first-order valence-corrected chi connectivity index (χ1v) is 8.89. The van der Waals surface area contributed by atoms with Crippen LogP contribution in [0.1, 0.15) is 30.9 Å². The van der Waals surface area contributed by atoms with Gasteiger partial charge in [0.05, 0.1) is 5.56 Å². The van der Waals surface area contributed by atoms with E-state index in [-0.39, 0.29) is 24.8 Å². The van der Waals surface area contributed by atoms with Gasteiger partial charge in [0.15, 0.2) is 0 Å². The number of amides is 2. The number of thioether (sulfide) groups is 1. The van der Waals surface area contributed by atoms with Crippen molar-refractivity contribution in [3.8, 4) is 0 Å². The Morgan fingerprint density at radius 2 is 1.83 bits per heavy atom. The second-order valence-corrected chi connectivity index (χ2v) is 6.15. The maximum Gasteiger partial charge on any atom is 0.416 e. The average molecular weight is 362 g/mol. The van der Waals surface area contributed by atoms with Gasteiger partial charge in [0.25, 0.3) is 0 Å². The molecule has 0 saturated carbocycles. The summed E-state index contributed by atoms with van der Waals surface area (Å²) >= 11 is 1.56. The minimum absolute atomic E-state index is 0.106. The molecule has 0 spiro atoms. The van der Waals surface area contributed by atoms with Crippen LogP contribution in [0.25, 0.3) is 0 Å². The zero-order chi connectivity index (χ0) is 18.2. The molecule has 0 radical (unpaired) electrons. The topological polar surface area (TPSA) is 58.2 Å². The number of benzene rings is 1. The third-order valence-corrected chi connectivity index (χ3v) is 3.98. The van der Waals surface area contributed by atoms with Crippen LogP contribution in [-0.4, -0.2) is 29.9 Å². The summed E-state index contributed by atoms with van der Waals surface area (Å²) < 4.78 is 37.5. The van der Waals surface area contributed by atoms with E-state index in [1.54, 1.807) is 18.7 Å². The van der Waals surface area contributed by atoms with Crippen molar-refractivity contribution in [2.24, 2.45) is 0 Å². The third-order valence-electron chi connectivity index (χ3n) is 3.33. The Bertz CT molecular complexity index is 547. The molecule has 0 aromatic heterocycles. The Morgan fingerprint density at radius 3 is 2.33 bits per heavy atom. The van der Waals surface area contributed by atoms with Gasteiger partial charge in [0.1, 0.15) is 6.04 Å². The van der Waals surface area contributed by atoms with Crippen molar-refractivity contribution < 1.29 is 22.8 Å². The van der Waals surface area contributed by atoms with E-state index in [4.69, 9.17) is 0 Å². The number of hydrogen-bond donors (Lipinski definition) is 2. The fraction of sp³-hybridized carbons (Fsp3) is 0.500. The Hall–Kier alpha value is -1.70. The number of halogens is 3. The van der Waals surface area contributed by atoms with Gasteiger partial charge in [-0.15, -0.1) is 0 Å². The normalized spacial score (nSPS) is 12.5. The van der Waals surface area contributed by atoms with E-state index in [2.05, 4.69) is 10.6 Å². The lowest BCUT2D eigenvalue weighted by molar-refractivity contribution is -0.137. The highest BCUT2D eigenvalue weighted by Crippen LogP contribution is 2.29. The quantitative estimate of drug-likeness (QED) is 0.748. The molecule has 0 aliphatic carbocycles. The molecule has 1 unspecified atom stereocenters. The molecule has 0 heterocycles. The first kappa shape index (κ1) is 20.3. The van der Waals surface area contributed by atoms with E-state index in [1.165, 1.54) is 12.1 Å². The lowest BCUT2D eigenvalue weighted by Crippen LogP contribution is -2.46. The third kappa shape index (κ3) is 6.82. The molecule has 4 nitrogen and oxygen atoms in total. The van der Waals surface area contributed by atoms with Gasteiger partial charge >= 0.3 is 6.18 Å². The first-order valence-electron chi connectivity index (χ1n) is 7.50. The minimum Gasteiger partial charge on any atom is -0.350 e. The van der Waals surface area contributed by atoms with Crippen molar-refractivity contribution in [2.45, 2.75) is 38.5 Å². The predicted molar refractivity (Wildman–Crippen MR) is 88.5 cm³/mol. The molecule has 8 heteroatoms. The molecule has 1 aromatic carbocycles. The van der Waals surface area contributed by atoms with Crippen molar-refractivity contribution in [1.82, 2.24) is 10.6 Å². The minimum atomic E-state index is -4.38. The van der Waals surface area contributed by atoms with Gasteiger partial charge in [-0.2, -0.15) is 24.9 Å². The molecular formula is C16H21F3N2O2S. The van der Waals surface area contributed by atoms with Gasteiger partial charge < -0.3 is 10.6 Å². The van der Waals surface area contributed by atoms with Crippen LogP contribution in [0.15, 0.2) is 24.3 Å². The van der Waals surface area contributed by atoms with Crippen LogP contribution >= 0.6 is 11.8 Å². The zero-order valence-electron chi connectivity index (χ0n) is 13.6. The summed E-state index contributed by atoms with van der Waals surface area (Å²) in [5, 5.41) is 5.30. The number of carbonyl (C=O) groups excluding carboxylic acids is 2. The number of nitrogens with one attached hydrogen (secondary N) is 2. The average Bonchev–Trinajstić information content (AvgIpc) is 2.55. The van der Waals surface area contributed by atoms with E-state index in [0.717, 1.165) is 12.1 Å². The molecule has 1 rings (SSSR count). The highest BCUT2D eigenvalue weighted by Gasteiger charge is 2.30. The molecule has 24 heavy (non-hydrogen) atoms. The molecule has 1 aromatic rings. The van der Waals surface area contributed by atoms with Crippen molar-refractivity contribution in [2.75, 3.05) is 12.0 Å². The van der Waals surface area contributed by atoms with E-state index in [9.17, 15) is 22.8 Å². The van der Waals surface area contributed by atoms with E-state index in [1.807, 2.05) is 6.26 Å². The standard InChI is InChI=1S/C16H21F3N2O2S/c1-3-14(22)21-13(8-9-24-2)15(23)20-10-11-4-6-12(7-5-11)16(17,18)19/h4-7,13H,3,8-10H2,1-2H3,(H,20,23)(H,21,22). The molecule has 1 atom stereocenters. The maximum atomic E-state index is 12.5. The van der Waals surface area contributed by atoms with Crippen molar-refractivity contribution in [1.29, 1.82) is 0 Å². The number of alkyl halides is 3. The smallest absolute Gasteiger partial charge is 0.350 e. The summed E-state index contributed by atoms with van der Waals surface area (Å²) in [7, 11) is 0. The first-order chi connectivity index (χ1) is 11.3. The van der Waals surface area contributed by atoms with Gasteiger partial charge in [0, 0.05) is 13.0 Å². The predicted octanol–water partition coefficient (Wildman–Crippen LogP) is 2.97. The van der Waals surface area contributed by atoms with Gasteiger partial charge in [-0.25, -0.2) is 0 Å². The Labute approximate surface area is 143 Å². The Balaban J connectivity index is 2.62. The SMILES string of the molecule is CCC(=O)NC(CCSC)C(=O)NCc1ccc(C(F)(F)F)cc1. The second-order valence-electron chi connectivity index (χ2n) is 5.17. The number of rotatable bonds is 8. The van der Waals surface area contributed by atoms with Crippen LogP contribution in [0.2, 0.25) is 0 Å². The lowest BCUT2D eigenvalue weighted by atomic mass is 10.1. The molecule has 0 bridgehead atoms. The molecule has 0 saturated heterocycles. The summed E-state index contributed by atoms with van der Waals surface area (Å²) in [5.41, 5.74) is -0.174. The summed E-state index contributed by atoms with van der Waals surface area (Å²) in [6, 6.07) is 3.96. The molecule has 134 valence electrons. The zero-order valence-corrected chi connectivity index (χ0v) is 14.4. The fourth-order valence-electron chi connectivity index (χ4n) is 1.92. The second kappa shape index (κ2) is 9.56. The van der Waals surface area contributed by atoms with Crippen molar-refractivity contribution >= 4 is 23.6 Å². The molecule has 0 aliphatic rings. The summed E-state index contributed by atoms with van der Waals surface area (Å²) in [5.74, 6) is 0.152. The Kier molecular flexibility index (Phi) is 8.10. The van der Waals surface area contributed by atoms with Crippen LogP contribution in [-0.2, 0) is 22.3 Å². The largest absolute Gasteiger partial charge is 0.416 e. The molecule has 2 N–H and O–H groups in total. The van der Waals surface area contributed by atoms with E-state index in [0.29, 0.717) is 17.7 Å². The van der Waals surface area contributed by atoms with E-state index < -0.39 is 17.8 Å². The lowest BCUT2D eigenvalue weighted by Gasteiger charge is -2.18. The monoisotopic (exact) mass is 362 g/mol. The molecule has 2 amide bonds. The van der Waals surface area contributed by atoms with Gasteiger partial charge in [-0.05, 0) is 36.1 Å². The van der Waals surface area contributed by atoms with Crippen LogP contribution < -0.4 is 10.6 Å². The van der Waals surface area contributed by atoms with Gasteiger partial charge in [-0.3, -0.25) is 9.59 Å². The number of hydrogen-bond acceptors (Lipinski definition) is 3. The van der Waals surface area contributed by atoms with Crippen LogP contribution in [0.3, 0.4) is 0 Å².